The summed E-state index contributed by atoms with van der Waals surface area (Å²) in [4.78, 5) is 13.4. The van der Waals surface area contributed by atoms with Crippen LogP contribution in [0.1, 0.15) is 58.1 Å². The Morgan fingerprint density at radius 3 is 2.42 bits per heavy atom. The van der Waals surface area contributed by atoms with Gasteiger partial charge in [-0.3, -0.25) is 9.10 Å². The second-order valence-corrected chi connectivity index (χ2v) is 13.5. The van der Waals surface area contributed by atoms with Crippen LogP contribution in [0.4, 0.5) is 5.69 Å². The first-order valence-electron chi connectivity index (χ1n) is 15.5. The first-order chi connectivity index (χ1) is 21.9. The zero-order chi connectivity index (χ0) is 31.2. The van der Waals surface area contributed by atoms with E-state index >= 15 is 0 Å². The first-order valence-corrected chi connectivity index (χ1v) is 17.3. The number of carbonyl (C=O) groups excluding carboxylic acids is 1. The van der Waals surface area contributed by atoms with Crippen LogP contribution in [0.25, 0.3) is 11.0 Å². The molecule has 7 nitrogen and oxygen atoms in total. The standard InChI is InChI=1S/C37H38N2O5S/c1-45(41,42)39(26-27-12-4-2-5-13-27)30-17-10-16-29(24-30)34(40)25-38-33(28-14-6-3-7-15-28)22-23-43-36-21-11-19-32-31-18-8-9-20-35(31)44-37(32)36/h2-7,10-17,19,21,24,33,38H,8-9,18,20,22-23,25-26H2,1H3. The van der Waals surface area contributed by atoms with Crippen molar-refractivity contribution in [1.29, 1.82) is 0 Å². The Kier molecular flexibility index (Phi) is 9.33. The normalized spacial score (nSPS) is 13.7. The molecule has 0 saturated carbocycles. The quantitative estimate of drug-likeness (QED) is 0.139. The van der Waals surface area contributed by atoms with Gasteiger partial charge in [0.05, 0.1) is 31.6 Å². The highest BCUT2D eigenvalue weighted by Crippen LogP contribution is 2.36. The fourth-order valence-electron chi connectivity index (χ4n) is 6.03. The number of hydrogen-bond acceptors (Lipinski definition) is 6. The van der Waals surface area contributed by atoms with E-state index in [4.69, 9.17) is 9.15 Å². The molecule has 5 aromatic rings. The molecule has 45 heavy (non-hydrogen) atoms. The van der Waals surface area contributed by atoms with Crippen LogP contribution < -0.4 is 14.4 Å². The van der Waals surface area contributed by atoms with Crippen molar-refractivity contribution in [3.63, 3.8) is 0 Å². The predicted molar refractivity (Wildman–Crippen MR) is 178 cm³/mol. The highest BCUT2D eigenvalue weighted by Gasteiger charge is 2.22. The van der Waals surface area contributed by atoms with Gasteiger partial charge in [-0.2, -0.15) is 0 Å². The minimum atomic E-state index is -3.58. The number of anilines is 1. The Balaban J connectivity index is 1.14. The molecule has 0 amide bonds. The van der Waals surface area contributed by atoms with E-state index < -0.39 is 10.0 Å². The van der Waals surface area contributed by atoms with Crippen LogP contribution >= 0.6 is 0 Å². The maximum Gasteiger partial charge on any atom is 0.232 e. The molecule has 1 heterocycles. The van der Waals surface area contributed by atoms with Crippen molar-refractivity contribution in [2.75, 3.05) is 23.7 Å². The molecule has 1 atom stereocenters. The number of benzene rings is 4. The maximum atomic E-state index is 13.4. The molecule has 1 unspecified atom stereocenters. The third kappa shape index (κ3) is 7.30. The number of carbonyl (C=O) groups is 1. The smallest absolute Gasteiger partial charge is 0.232 e. The molecule has 8 heteroatoms. The van der Waals surface area contributed by atoms with Crippen molar-refractivity contribution < 1.29 is 22.4 Å². The lowest BCUT2D eigenvalue weighted by molar-refractivity contribution is 0.0985. The molecular weight excluding hydrogens is 584 g/mol. The van der Waals surface area contributed by atoms with E-state index in [1.165, 1.54) is 22.5 Å². The van der Waals surface area contributed by atoms with E-state index in [2.05, 4.69) is 11.4 Å². The van der Waals surface area contributed by atoms with Crippen LogP contribution in [-0.2, 0) is 29.4 Å². The highest BCUT2D eigenvalue weighted by molar-refractivity contribution is 7.92. The van der Waals surface area contributed by atoms with E-state index in [1.807, 2.05) is 72.8 Å². The summed E-state index contributed by atoms with van der Waals surface area (Å²) >= 11 is 0. The summed E-state index contributed by atoms with van der Waals surface area (Å²) < 4.78 is 39.3. The maximum absolute atomic E-state index is 13.4. The summed E-state index contributed by atoms with van der Waals surface area (Å²) in [7, 11) is -3.58. The number of Topliss-reactive ketones (excluding diaryl/α,β-unsaturated/α-hetero) is 1. The Morgan fingerprint density at radius 2 is 1.64 bits per heavy atom. The topological polar surface area (TPSA) is 88.9 Å². The van der Waals surface area contributed by atoms with Crippen molar-refractivity contribution in [3.8, 4) is 5.75 Å². The molecule has 0 saturated heterocycles. The number of para-hydroxylation sites is 1. The molecule has 0 spiro atoms. The van der Waals surface area contributed by atoms with Crippen molar-refractivity contribution in [2.24, 2.45) is 0 Å². The fourth-order valence-corrected chi connectivity index (χ4v) is 6.91. The molecule has 0 aliphatic heterocycles. The second-order valence-electron chi connectivity index (χ2n) is 11.6. The summed E-state index contributed by atoms with van der Waals surface area (Å²) in [6.45, 7) is 0.699. The molecule has 0 bridgehead atoms. The largest absolute Gasteiger partial charge is 0.490 e. The number of fused-ring (bicyclic) bond motifs is 3. The van der Waals surface area contributed by atoms with Crippen LogP contribution in [-0.4, -0.2) is 33.6 Å². The van der Waals surface area contributed by atoms with Gasteiger partial charge in [-0.05, 0) is 48.6 Å². The van der Waals surface area contributed by atoms with E-state index in [-0.39, 0.29) is 24.9 Å². The SMILES string of the molecule is CS(=O)(=O)N(Cc1ccccc1)c1cccc(C(=O)CNC(CCOc2cccc3c4c(oc23)CCCC4)c2ccccc2)c1. The molecule has 232 valence electrons. The molecule has 1 aliphatic rings. The van der Waals surface area contributed by atoms with Crippen LogP contribution in [0, 0.1) is 0 Å². The Morgan fingerprint density at radius 1 is 0.911 bits per heavy atom. The Hall–Kier alpha value is -4.40. The van der Waals surface area contributed by atoms with Gasteiger partial charge in [-0.1, -0.05) is 84.9 Å². The number of rotatable bonds is 13. The summed E-state index contributed by atoms with van der Waals surface area (Å²) in [5.74, 6) is 1.70. The van der Waals surface area contributed by atoms with Gasteiger partial charge in [0.2, 0.25) is 10.0 Å². The minimum absolute atomic E-state index is 0.0844. The number of furan rings is 1. The van der Waals surface area contributed by atoms with Gasteiger partial charge in [-0.15, -0.1) is 0 Å². The summed E-state index contributed by atoms with van der Waals surface area (Å²) in [6, 6.07) is 32.2. The van der Waals surface area contributed by atoms with E-state index in [0.29, 0.717) is 24.3 Å². The van der Waals surface area contributed by atoms with Gasteiger partial charge in [-0.25, -0.2) is 8.42 Å². The molecular formula is C37H38N2O5S. The molecule has 4 aromatic carbocycles. The average Bonchev–Trinajstić information content (AvgIpc) is 3.45. The molecule has 1 aromatic heterocycles. The summed E-state index contributed by atoms with van der Waals surface area (Å²) in [6.07, 6.45) is 6.16. The zero-order valence-electron chi connectivity index (χ0n) is 25.4. The molecule has 0 fully saturated rings. The Bertz CT molecular complexity index is 1870. The fraction of sp³-hybridized carbons (Fsp3) is 0.270. The number of nitrogens with zero attached hydrogens (tertiary/aromatic N) is 1. The van der Waals surface area contributed by atoms with Crippen molar-refractivity contribution in [2.45, 2.75) is 44.7 Å². The van der Waals surface area contributed by atoms with Gasteiger partial charge in [0.25, 0.3) is 0 Å². The van der Waals surface area contributed by atoms with Gasteiger partial charge < -0.3 is 14.5 Å². The monoisotopic (exact) mass is 622 g/mol. The summed E-state index contributed by atoms with van der Waals surface area (Å²) in [5, 5.41) is 4.58. The van der Waals surface area contributed by atoms with Crippen molar-refractivity contribution >= 4 is 32.5 Å². The van der Waals surface area contributed by atoms with Crippen molar-refractivity contribution in [3.05, 3.63) is 131 Å². The van der Waals surface area contributed by atoms with Gasteiger partial charge in [0, 0.05) is 35.4 Å². The molecule has 1 N–H and O–H groups in total. The zero-order valence-corrected chi connectivity index (χ0v) is 26.3. The number of aryl methyl sites for hydroxylation is 2. The predicted octanol–water partition coefficient (Wildman–Crippen LogP) is 7.26. The molecule has 1 aliphatic carbocycles. The second kappa shape index (κ2) is 13.7. The van der Waals surface area contributed by atoms with Gasteiger partial charge >= 0.3 is 0 Å². The minimum Gasteiger partial charge on any atom is -0.490 e. The van der Waals surface area contributed by atoms with Gasteiger partial charge in [0.15, 0.2) is 17.1 Å². The third-order valence-corrected chi connectivity index (χ3v) is 9.49. The molecule has 6 rings (SSSR count). The molecule has 0 radical (unpaired) electrons. The lowest BCUT2D eigenvalue weighted by Gasteiger charge is -2.23. The number of ketones is 1. The van der Waals surface area contributed by atoms with E-state index in [0.717, 1.165) is 52.9 Å². The van der Waals surface area contributed by atoms with Crippen LogP contribution in [0.15, 0.2) is 108 Å². The van der Waals surface area contributed by atoms with E-state index in [1.54, 1.807) is 24.3 Å². The Labute approximate surface area is 264 Å². The lowest BCUT2D eigenvalue weighted by atomic mass is 9.96. The van der Waals surface area contributed by atoms with Crippen molar-refractivity contribution in [1.82, 2.24) is 5.32 Å². The third-order valence-electron chi connectivity index (χ3n) is 8.35. The van der Waals surface area contributed by atoms with Crippen LogP contribution in [0.3, 0.4) is 0 Å². The van der Waals surface area contributed by atoms with Crippen LogP contribution in [0.5, 0.6) is 5.75 Å². The first kappa shape index (κ1) is 30.6. The van der Waals surface area contributed by atoms with Crippen LogP contribution in [0.2, 0.25) is 0 Å². The highest BCUT2D eigenvalue weighted by atomic mass is 32.2. The lowest BCUT2D eigenvalue weighted by Crippen LogP contribution is -2.30. The number of hydrogen-bond donors (Lipinski definition) is 1. The average molecular weight is 623 g/mol. The number of nitrogens with one attached hydrogen (secondary N) is 1. The van der Waals surface area contributed by atoms with E-state index in [9.17, 15) is 13.2 Å². The number of ether oxygens (including phenoxy) is 1. The number of sulfonamides is 1. The summed E-state index contributed by atoms with van der Waals surface area (Å²) in [5.41, 5.74) is 4.94. The van der Waals surface area contributed by atoms with Gasteiger partial charge in [0.1, 0.15) is 5.76 Å².